The summed E-state index contributed by atoms with van der Waals surface area (Å²) in [6, 6.07) is 4.39. The highest BCUT2D eigenvalue weighted by Gasteiger charge is 2.18. The monoisotopic (exact) mass is 309 g/mol. The van der Waals surface area contributed by atoms with Crippen LogP contribution in [0, 0.1) is 19.7 Å². The van der Waals surface area contributed by atoms with Crippen molar-refractivity contribution in [3.8, 4) is 5.75 Å². The number of nitrogens with zero attached hydrogens (tertiary/aromatic N) is 1. The van der Waals surface area contributed by atoms with Gasteiger partial charge in [-0.3, -0.25) is 4.98 Å². The Morgan fingerprint density at radius 3 is 2.76 bits per heavy atom. The second-order valence-corrected chi connectivity index (χ2v) is 5.29. The lowest BCUT2D eigenvalue weighted by molar-refractivity contribution is 0.176. The van der Waals surface area contributed by atoms with Crippen molar-refractivity contribution in [2.45, 2.75) is 26.4 Å². The molecule has 0 aliphatic rings. The summed E-state index contributed by atoms with van der Waals surface area (Å²) < 4.78 is 18.8. The normalized spacial score (nSPS) is 12.3. The van der Waals surface area contributed by atoms with Crippen LogP contribution in [0.15, 0.2) is 24.4 Å². The van der Waals surface area contributed by atoms with Gasteiger partial charge < -0.3 is 9.84 Å². The van der Waals surface area contributed by atoms with E-state index < -0.39 is 11.9 Å². The first-order valence-electron chi connectivity index (χ1n) is 6.56. The Hall–Kier alpha value is -1.65. The molecule has 1 heterocycles. The Bertz CT molecular complexity index is 661. The summed E-state index contributed by atoms with van der Waals surface area (Å²) in [6.07, 6.45) is 1.01. The molecule has 0 amide bonds. The van der Waals surface area contributed by atoms with E-state index in [1.54, 1.807) is 19.4 Å². The fourth-order valence-corrected chi connectivity index (χ4v) is 2.60. The maximum atomic E-state index is 13.5. The summed E-state index contributed by atoms with van der Waals surface area (Å²) in [4.78, 5) is 4.33. The smallest absolute Gasteiger partial charge is 0.142 e. The first kappa shape index (κ1) is 15.7. The van der Waals surface area contributed by atoms with E-state index in [0.29, 0.717) is 11.3 Å². The van der Waals surface area contributed by atoms with Gasteiger partial charge in [-0.2, -0.15) is 0 Å². The van der Waals surface area contributed by atoms with E-state index in [2.05, 4.69) is 4.98 Å². The van der Waals surface area contributed by atoms with Crippen molar-refractivity contribution in [1.29, 1.82) is 0 Å². The molecule has 1 atom stereocenters. The average Bonchev–Trinajstić information content (AvgIpc) is 2.45. The lowest BCUT2D eigenvalue weighted by Crippen LogP contribution is -2.08. The van der Waals surface area contributed by atoms with Gasteiger partial charge in [0.25, 0.3) is 0 Å². The summed E-state index contributed by atoms with van der Waals surface area (Å²) in [5.74, 6) is 0.205. The standard InChI is InChI=1S/C16H17ClFNO2/c1-9-8-19-13(10(2)16(9)21-3)7-14(20)11-5-4-6-12(18)15(11)17/h4-6,8,14,20H,7H2,1-3H3. The van der Waals surface area contributed by atoms with Crippen molar-refractivity contribution in [1.82, 2.24) is 4.98 Å². The van der Waals surface area contributed by atoms with E-state index in [4.69, 9.17) is 16.3 Å². The molecule has 5 heteroatoms. The fourth-order valence-electron chi connectivity index (χ4n) is 2.35. The molecule has 2 rings (SSSR count). The maximum Gasteiger partial charge on any atom is 0.142 e. The molecule has 0 aliphatic carbocycles. The molecule has 1 unspecified atom stereocenters. The van der Waals surface area contributed by atoms with Gasteiger partial charge in [-0.1, -0.05) is 23.7 Å². The summed E-state index contributed by atoms with van der Waals surface area (Å²) in [5, 5.41) is 10.3. The number of benzene rings is 1. The summed E-state index contributed by atoms with van der Waals surface area (Å²) in [7, 11) is 1.60. The minimum Gasteiger partial charge on any atom is -0.496 e. The summed E-state index contributed by atoms with van der Waals surface area (Å²) >= 11 is 5.90. The van der Waals surface area contributed by atoms with Gasteiger partial charge in [0.2, 0.25) is 0 Å². The van der Waals surface area contributed by atoms with Crippen LogP contribution >= 0.6 is 11.6 Å². The number of halogens is 2. The molecule has 1 aromatic carbocycles. The van der Waals surface area contributed by atoms with E-state index in [-0.39, 0.29) is 11.4 Å². The lowest BCUT2D eigenvalue weighted by atomic mass is 10.0. The molecular weight excluding hydrogens is 293 g/mol. The molecule has 0 saturated heterocycles. The number of aliphatic hydroxyl groups excluding tert-OH is 1. The van der Waals surface area contributed by atoms with E-state index in [0.717, 1.165) is 16.9 Å². The molecule has 0 aliphatic heterocycles. The van der Waals surface area contributed by atoms with Crippen molar-refractivity contribution in [3.63, 3.8) is 0 Å². The maximum absolute atomic E-state index is 13.5. The van der Waals surface area contributed by atoms with Crippen LogP contribution in [0.5, 0.6) is 5.75 Å². The molecule has 3 nitrogen and oxygen atoms in total. The minimum atomic E-state index is -0.924. The number of pyridine rings is 1. The second-order valence-electron chi connectivity index (χ2n) is 4.91. The highest BCUT2D eigenvalue weighted by Crippen LogP contribution is 2.30. The molecule has 1 N–H and O–H groups in total. The SMILES string of the molecule is COc1c(C)cnc(CC(O)c2cccc(F)c2Cl)c1C. The van der Waals surface area contributed by atoms with Crippen molar-refractivity contribution in [2.24, 2.45) is 0 Å². The second kappa shape index (κ2) is 6.41. The zero-order valence-electron chi connectivity index (χ0n) is 12.2. The molecule has 0 fully saturated rings. The number of hydrogen-bond acceptors (Lipinski definition) is 3. The minimum absolute atomic E-state index is 0.0540. The third kappa shape index (κ3) is 3.17. The predicted molar refractivity (Wildman–Crippen MR) is 80.3 cm³/mol. The van der Waals surface area contributed by atoms with Crippen LogP contribution in [0.25, 0.3) is 0 Å². The van der Waals surface area contributed by atoms with Crippen LogP contribution in [0.4, 0.5) is 4.39 Å². The van der Waals surface area contributed by atoms with E-state index in [1.807, 2.05) is 13.8 Å². The van der Waals surface area contributed by atoms with Gasteiger partial charge in [0, 0.05) is 35.0 Å². The lowest BCUT2D eigenvalue weighted by Gasteiger charge is -2.16. The molecule has 0 bridgehead atoms. The van der Waals surface area contributed by atoms with Gasteiger partial charge in [0.05, 0.1) is 18.2 Å². The van der Waals surface area contributed by atoms with E-state index >= 15 is 0 Å². The van der Waals surface area contributed by atoms with Crippen LogP contribution in [0.3, 0.4) is 0 Å². The topological polar surface area (TPSA) is 42.4 Å². The van der Waals surface area contributed by atoms with Crippen LogP contribution in [0.2, 0.25) is 5.02 Å². The Morgan fingerprint density at radius 1 is 1.38 bits per heavy atom. The molecular formula is C16H17ClFNO2. The van der Waals surface area contributed by atoms with E-state index in [1.165, 1.54) is 12.1 Å². The van der Waals surface area contributed by atoms with Crippen molar-refractivity contribution in [3.05, 3.63) is 57.6 Å². The van der Waals surface area contributed by atoms with Gasteiger partial charge in [-0.15, -0.1) is 0 Å². The number of aliphatic hydroxyl groups is 1. The van der Waals surface area contributed by atoms with Crippen LogP contribution in [-0.4, -0.2) is 17.2 Å². The highest BCUT2D eigenvalue weighted by atomic mass is 35.5. The van der Waals surface area contributed by atoms with Crippen molar-refractivity contribution >= 4 is 11.6 Å². The van der Waals surface area contributed by atoms with Gasteiger partial charge >= 0.3 is 0 Å². The average molecular weight is 310 g/mol. The van der Waals surface area contributed by atoms with Gasteiger partial charge in [-0.05, 0) is 19.9 Å². The van der Waals surface area contributed by atoms with Crippen molar-refractivity contribution in [2.75, 3.05) is 7.11 Å². The third-order valence-electron chi connectivity index (χ3n) is 3.48. The molecule has 1 aromatic heterocycles. The van der Waals surface area contributed by atoms with Crippen LogP contribution in [0.1, 0.15) is 28.5 Å². The third-order valence-corrected chi connectivity index (χ3v) is 3.88. The molecule has 21 heavy (non-hydrogen) atoms. The summed E-state index contributed by atoms with van der Waals surface area (Å²) in [5.41, 5.74) is 2.85. The Balaban J connectivity index is 2.32. The number of ether oxygens (including phenoxy) is 1. The molecule has 112 valence electrons. The molecule has 2 aromatic rings. The zero-order chi connectivity index (χ0) is 15.6. The molecule has 0 radical (unpaired) electrons. The largest absolute Gasteiger partial charge is 0.496 e. The number of aromatic nitrogens is 1. The van der Waals surface area contributed by atoms with Gasteiger partial charge in [-0.25, -0.2) is 4.39 Å². The number of hydrogen-bond donors (Lipinski definition) is 1. The number of methoxy groups -OCH3 is 1. The molecule has 0 spiro atoms. The van der Waals surface area contributed by atoms with Gasteiger partial charge in [0.15, 0.2) is 0 Å². The van der Waals surface area contributed by atoms with Crippen molar-refractivity contribution < 1.29 is 14.2 Å². The van der Waals surface area contributed by atoms with E-state index in [9.17, 15) is 9.50 Å². The highest BCUT2D eigenvalue weighted by molar-refractivity contribution is 6.31. The Kier molecular flexibility index (Phi) is 4.80. The molecule has 0 saturated carbocycles. The fraction of sp³-hybridized carbons (Fsp3) is 0.312. The first-order chi connectivity index (χ1) is 9.95. The first-order valence-corrected chi connectivity index (χ1v) is 6.94. The summed E-state index contributed by atoms with van der Waals surface area (Å²) in [6.45, 7) is 3.79. The number of rotatable bonds is 4. The quantitative estimate of drug-likeness (QED) is 0.934. The van der Waals surface area contributed by atoms with Gasteiger partial charge in [0.1, 0.15) is 11.6 Å². The zero-order valence-corrected chi connectivity index (χ0v) is 12.9. The predicted octanol–water partition coefficient (Wildman–Crippen LogP) is 3.78. The Labute approximate surface area is 128 Å². The van der Waals surface area contributed by atoms with Crippen LogP contribution in [-0.2, 0) is 6.42 Å². The van der Waals surface area contributed by atoms with Crippen LogP contribution < -0.4 is 4.74 Å². The number of aryl methyl sites for hydroxylation is 1. The Morgan fingerprint density at radius 2 is 2.10 bits per heavy atom.